The molecule has 1 aliphatic heterocycles. The summed E-state index contributed by atoms with van der Waals surface area (Å²) in [5.74, 6) is 0.0811. The van der Waals surface area contributed by atoms with Crippen LogP contribution in [0.3, 0.4) is 0 Å². The molecule has 0 bridgehead atoms. The van der Waals surface area contributed by atoms with Crippen LogP contribution in [0.2, 0.25) is 0 Å². The number of aryl methyl sites for hydroxylation is 2. The summed E-state index contributed by atoms with van der Waals surface area (Å²) < 4.78 is 25.5. The van der Waals surface area contributed by atoms with E-state index < -0.39 is 0 Å². The standard InChI is InChI=1S/C28H31FN2O4/c1-19-15-25(27(32)30-20(19)2)28(33)31(18-24-10-6-13-34-24)17-21-7-5-9-23(16-21)35-14-12-22-8-3-4-11-26(22)29/h3-5,7-9,11,15-16,24H,6,10,12-14,17-18H2,1-2H3,(H,30,32). The average molecular weight is 479 g/mol. The lowest BCUT2D eigenvalue weighted by atomic mass is 10.1. The van der Waals surface area contributed by atoms with Crippen LogP contribution in [0.4, 0.5) is 4.39 Å². The number of H-pyrrole nitrogens is 1. The lowest BCUT2D eigenvalue weighted by Crippen LogP contribution is -2.39. The fourth-order valence-corrected chi connectivity index (χ4v) is 4.24. The van der Waals surface area contributed by atoms with Gasteiger partial charge in [0, 0.05) is 31.8 Å². The van der Waals surface area contributed by atoms with Gasteiger partial charge >= 0.3 is 0 Å². The molecule has 4 rings (SSSR count). The molecule has 0 aliphatic carbocycles. The molecule has 1 atom stereocenters. The third-order valence-electron chi connectivity index (χ3n) is 6.33. The molecule has 1 unspecified atom stereocenters. The topological polar surface area (TPSA) is 71.6 Å². The molecule has 7 heteroatoms. The van der Waals surface area contributed by atoms with Crippen molar-refractivity contribution in [3.8, 4) is 5.75 Å². The van der Waals surface area contributed by atoms with Crippen LogP contribution in [-0.2, 0) is 17.7 Å². The highest BCUT2D eigenvalue weighted by Gasteiger charge is 2.25. The zero-order valence-corrected chi connectivity index (χ0v) is 20.2. The average Bonchev–Trinajstić information content (AvgIpc) is 3.35. The first-order valence-corrected chi connectivity index (χ1v) is 12.0. The number of ether oxygens (including phenoxy) is 2. The van der Waals surface area contributed by atoms with Gasteiger partial charge in [0.25, 0.3) is 11.5 Å². The molecule has 0 saturated carbocycles. The normalized spacial score (nSPS) is 15.2. The zero-order valence-electron chi connectivity index (χ0n) is 20.2. The SMILES string of the molecule is Cc1cc(C(=O)N(Cc2cccc(OCCc3ccccc3F)c2)CC2CCCO2)c(=O)[nH]c1C. The van der Waals surface area contributed by atoms with E-state index in [1.807, 2.05) is 38.1 Å². The number of halogens is 1. The number of aromatic nitrogens is 1. The van der Waals surface area contributed by atoms with Crippen LogP contribution in [-0.4, -0.2) is 41.7 Å². The number of amides is 1. The number of carbonyl (C=O) groups is 1. The van der Waals surface area contributed by atoms with E-state index >= 15 is 0 Å². The van der Waals surface area contributed by atoms with E-state index in [-0.39, 0.29) is 29.0 Å². The fraction of sp³-hybridized carbons (Fsp3) is 0.357. The van der Waals surface area contributed by atoms with Crippen molar-refractivity contribution in [3.05, 3.63) is 98.7 Å². The van der Waals surface area contributed by atoms with Gasteiger partial charge in [-0.15, -0.1) is 0 Å². The molecule has 35 heavy (non-hydrogen) atoms. The molecule has 3 aromatic rings. The number of nitrogens with zero attached hydrogens (tertiary/aromatic N) is 1. The molecular formula is C28H31FN2O4. The van der Waals surface area contributed by atoms with Gasteiger partial charge in [-0.25, -0.2) is 4.39 Å². The van der Waals surface area contributed by atoms with Crippen molar-refractivity contribution in [2.45, 2.75) is 45.8 Å². The van der Waals surface area contributed by atoms with Crippen LogP contribution in [0.15, 0.2) is 59.4 Å². The van der Waals surface area contributed by atoms with Crippen LogP contribution in [0.25, 0.3) is 0 Å². The third kappa shape index (κ3) is 6.36. The highest BCUT2D eigenvalue weighted by atomic mass is 19.1. The first kappa shape index (κ1) is 24.7. The van der Waals surface area contributed by atoms with Gasteiger partial charge in [-0.3, -0.25) is 9.59 Å². The van der Waals surface area contributed by atoms with Gasteiger partial charge in [0.15, 0.2) is 0 Å². The van der Waals surface area contributed by atoms with Crippen molar-refractivity contribution in [1.29, 1.82) is 0 Å². The van der Waals surface area contributed by atoms with Crippen LogP contribution in [0, 0.1) is 19.7 Å². The van der Waals surface area contributed by atoms with Crippen LogP contribution < -0.4 is 10.3 Å². The van der Waals surface area contributed by atoms with E-state index in [0.717, 1.165) is 29.7 Å². The molecule has 2 heterocycles. The number of pyridine rings is 1. The van der Waals surface area contributed by atoms with E-state index in [1.54, 1.807) is 29.2 Å². The van der Waals surface area contributed by atoms with E-state index in [0.29, 0.717) is 44.0 Å². The number of aromatic amines is 1. The molecule has 1 aliphatic rings. The van der Waals surface area contributed by atoms with Gasteiger partial charge in [-0.2, -0.15) is 0 Å². The van der Waals surface area contributed by atoms with Crippen LogP contribution in [0.5, 0.6) is 5.75 Å². The van der Waals surface area contributed by atoms with E-state index in [4.69, 9.17) is 9.47 Å². The van der Waals surface area contributed by atoms with Crippen molar-refractivity contribution in [2.24, 2.45) is 0 Å². The number of benzene rings is 2. The minimum absolute atomic E-state index is 0.0511. The minimum Gasteiger partial charge on any atom is -0.493 e. The van der Waals surface area contributed by atoms with E-state index in [9.17, 15) is 14.0 Å². The smallest absolute Gasteiger partial charge is 0.261 e. The Morgan fingerprint density at radius 1 is 1.17 bits per heavy atom. The molecule has 184 valence electrons. The summed E-state index contributed by atoms with van der Waals surface area (Å²) in [4.78, 5) is 30.5. The van der Waals surface area contributed by atoms with Crippen LogP contribution in [0.1, 0.15) is 45.6 Å². The van der Waals surface area contributed by atoms with Crippen LogP contribution >= 0.6 is 0 Å². The van der Waals surface area contributed by atoms with Crippen molar-refractivity contribution in [2.75, 3.05) is 19.8 Å². The summed E-state index contributed by atoms with van der Waals surface area (Å²) >= 11 is 0. The predicted octanol–water partition coefficient (Wildman–Crippen LogP) is 4.57. The number of hydrogen-bond acceptors (Lipinski definition) is 4. The molecule has 1 aromatic heterocycles. The summed E-state index contributed by atoms with van der Waals surface area (Å²) in [5.41, 5.74) is 2.83. The molecular weight excluding hydrogens is 447 g/mol. The Morgan fingerprint density at radius 2 is 2.00 bits per heavy atom. The molecule has 1 fully saturated rings. The Kier molecular flexibility index (Phi) is 7.98. The molecule has 6 nitrogen and oxygen atoms in total. The Morgan fingerprint density at radius 3 is 2.77 bits per heavy atom. The summed E-state index contributed by atoms with van der Waals surface area (Å²) in [6, 6.07) is 15.8. The lowest BCUT2D eigenvalue weighted by molar-refractivity contribution is 0.0505. The number of nitrogens with one attached hydrogen (secondary N) is 1. The van der Waals surface area contributed by atoms with E-state index in [1.165, 1.54) is 6.07 Å². The summed E-state index contributed by atoms with van der Waals surface area (Å²) in [5, 5.41) is 0. The third-order valence-corrected chi connectivity index (χ3v) is 6.33. The van der Waals surface area contributed by atoms with Crippen molar-refractivity contribution >= 4 is 5.91 Å². The number of rotatable bonds is 9. The van der Waals surface area contributed by atoms with Crippen molar-refractivity contribution in [1.82, 2.24) is 9.88 Å². The highest BCUT2D eigenvalue weighted by Crippen LogP contribution is 2.20. The Labute approximate surface area is 204 Å². The second kappa shape index (κ2) is 11.3. The maximum absolute atomic E-state index is 13.9. The summed E-state index contributed by atoms with van der Waals surface area (Å²) in [6.45, 7) is 5.42. The minimum atomic E-state index is -0.388. The highest BCUT2D eigenvalue weighted by molar-refractivity contribution is 5.94. The molecule has 0 radical (unpaired) electrons. The fourth-order valence-electron chi connectivity index (χ4n) is 4.24. The van der Waals surface area contributed by atoms with Gasteiger partial charge in [0.1, 0.15) is 17.1 Å². The van der Waals surface area contributed by atoms with Gasteiger partial charge in [0.05, 0.1) is 12.7 Å². The monoisotopic (exact) mass is 478 g/mol. The second-order valence-electron chi connectivity index (χ2n) is 8.98. The maximum atomic E-state index is 13.9. The summed E-state index contributed by atoms with van der Waals surface area (Å²) in [7, 11) is 0. The van der Waals surface area contributed by atoms with Gasteiger partial charge < -0.3 is 19.4 Å². The first-order chi connectivity index (χ1) is 16.9. The maximum Gasteiger partial charge on any atom is 0.261 e. The van der Waals surface area contributed by atoms with E-state index in [2.05, 4.69) is 4.98 Å². The first-order valence-electron chi connectivity index (χ1n) is 12.0. The quantitative estimate of drug-likeness (QED) is 0.489. The number of hydrogen-bond donors (Lipinski definition) is 1. The Bertz CT molecular complexity index is 1230. The Hall–Kier alpha value is -3.45. The van der Waals surface area contributed by atoms with Gasteiger partial charge in [-0.05, 0) is 67.6 Å². The van der Waals surface area contributed by atoms with Crippen molar-refractivity contribution in [3.63, 3.8) is 0 Å². The molecule has 2 aromatic carbocycles. The largest absolute Gasteiger partial charge is 0.493 e. The lowest BCUT2D eigenvalue weighted by Gasteiger charge is -2.26. The zero-order chi connectivity index (χ0) is 24.8. The molecule has 1 amide bonds. The molecule has 1 saturated heterocycles. The van der Waals surface area contributed by atoms with Crippen molar-refractivity contribution < 1.29 is 18.7 Å². The summed E-state index contributed by atoms with van der Waals surface area (Å²) in [6.07, 6.45) is 2.25. The molecule has 1 N–H and O–H groups in total. The van der Waals surface area contributed by atoms with Gasteiger partial charge in [-0.1, -0.05) is 30.3 Å². The predicted molar refractivity (Wildman–Crippen MR) is 132 cm³/mol. The van der Waals surface area contributed by atoms with Gasteiger partial charge in [0.2, 0.25) is 0 Å². The number of carbonyl (C=O) groups excluding carboxylic acids is 1. The second-order valence-corrected chi connectivity index (χ2v) is 8.98. The Balaban J connectivity index is 1.48. The molecule has 0 spiro atoms.